The van der Waals surface area contributed by atoms with Crippen molar-refractivity contribution < 1.29 is 79.5 Å². The fraction of sp³-hybridized carbons (Fsp3) is 0.444. The summed E-state index contributed by atoms with van der Waals surface area (Å²) in [5, 5.41) is 111. The van der Waals surface area contributed by atoms with Crippen LogP contribution in [0.2, 0.25) is 0 Å². The van der Waals surface area contributed by atoms with E-state index in [0.717, 1.165) is 6.07 Å². The van der Waals surface area contributed by atoms with Crippen molar-refractivity contribution in [2.75, 3.05) is 13.2 Å². The molecule has 0 aliphatic carbocycles. The van der Waals surface area contributed by atoms with Gasteiger partial charge in [0.15, 0.2) is 17.3 Å². The molecule has 0 bridgehead atoms. The molecule has 2 fully saturated rings. The first-order valence-corrected chi connectivity index (χ1v) is 13.2. The quantitative estimate of drug-likeness (QED) is 0.124. The zero-order valence-electron chi connectivity index (χ0n) is 22.4. The lowest BCUT2D eigenvalue weighted by molar-refractivity contribution is -0.277. The van der Waals surface area contributed by atoms with Crippen LogP contribution in [-0.4, -0.2) is 131 Å². The van der Waals surface area contributed by atoms with Crippen molar-refractivity contribution in [2.45, 2.75) is 61.4 Å². The third-order valence-electron chi connectivity index (χ3n) is 7.34. The molecule has 0 radical (unpaired) electrons. The second-order valence-corrected chi connectivity index (χ2v) is 10.2. The number of ether oxygens (including phenoxy) is 4. The maximum Gasteiger partial charge on any atom is 0.239 e. The van der Waals surface area contributed by atoms with Gasteiger partial charge in [-0.15, -0.1) is 0 Å². The molecule has 3 aromatic rings. The summed E-state index contributed by atoms with van der Waals surface area (Å²) in [6, 6.07) is 5.97. The molecule has 0 unspecified atom stereocenters. The molecule has 2 aliphatic heterocycles. The lowest BCUT2D eigenvalue weighted by Gasteiger charge is -2.39. The minimum absolute atomic E-state index is 0.113. The maximum absolute atomic E-state index is 13.9. The summed E-state index contributed by atoms with van der Waals surface area (Å²) in [5.41, 5.74) is -1.47. The van der Waals surface area contributed by atoms with Gasteiger partial charge >= 0.3 is 0 Å². The van der Waals surface area contributed by atoms with Crippen molar-refractivity contribution in [1.82, 2.24) is 0 Å². The van der Waals surface area contributed by atoms with E-state index in [4.69, 9.17) is 23.4 Å². The highest BCUT2D eigenvalue weighted by Crippen LogP contribution is 2.45. The molecule has 2 aliphatic rings. The van der Waals surface area contributed by atoms with Crippen molar-refractivity contribution in [2.24, 2.45) is 0 Å². The number of hydrogen-bond acceptors (Lipinski definition) is 17. The van der Waals surface area contributed by atoms with E-state index in [2.05, 4.69) is 0 Å². The van der Waals surface area contributed by atoms with Crippen molar-refractivity contribution in [1.29, 1.82) is 0 Å². The molecule has 17 nitrogen and oxygen atoms in total. The first-order valence-electron chi connectivity index (χ1n) is 13.2. The fourth-order valence-electron chi connectivity index (χ4n) is 4.87. The standard InChI is InChI=1S/C27H30O17/c28-6-12-15(32)19(36)21(38)26(41-12)43-24-10(31)5-11-14(17(24)34)18(35)25(23(40-11)8-1-3-9(30)4-2-8)44-27-22(39)20(37)16(33)13(7-29)42-27/h1-5,12-13,15-16,19-22,26-34,36-39H,6-7H2/t12-,13-,15-,16-,19+,20+,21-,22-,26+,27+/m0/s1. The maximum atomic E-state index is 13.9. The van der Waals surface area contributed by atoms with Crippen LogP contribution in [0.4, 0.5) is 0 Å². The third kappa shape index (κ3) is 5.50. The average Bonchev–Trinajstić information content (AvgIpc) is 3.00. The topological polar surface area (TPSA) is 290 Å². The molecule has 0 saturated carbocycles. The minimum atomic E-state index is -1.95. The van der Waals surface area contributed by atoms with Gasteiger partial charge in [-0.2, -0.15) is 0 Å². The Labute approximate surface area is 246 Å². The van der Waals surface area contributed by atoms with E-state index < -0.39 is 114 Å². The van der Waals surface area contributed by atoms with Gasteiger partial charge < -0.3 is 79.5 Å². The fourth-order valence-corrected chi connectivity index (χ4v) is 4.87. The van der Waals surface area contributed by atoms with Gasteiger partial charge in [-0.25, -0.2) is 0 Å². The van der Waals surface area contributed by atoms with E-state index in [0.29, 0.717) is 0 Å². The number of fused-ring (bicyclic) bond motifs is 1. The summed E-state index contributed by atoms with van der Waals surface area (Å²) in [5.74, 6) is -3.99. The largest absolute Gasteiger partial charge is 0.508 e. The Hall–Kier alpha value is -3.75. The number of aliphatic hydroxyl groups is 8. The van der Waals surface area contributed by atoms with Crippen LogP contribution in [0, 0.1) is 0 Å². The Morgan fingerprint density at radius 3 is 1.68 bits per heavy atom. The number of benzene rings is 2. The van der Waals surface area contributed by atoms with E-state index in [1.807, 2.05) is 0 Å². The Morgan fingerprint density at radius 2 is 1.18 bits per heavy atom. The van der Waals surface area contributed by atoms with Crippen molar-refractivity contribution in [3.05, 3.63) is 40.6 Å². The summed E-state index contributed by atoms with van der Waals surface area (Å²) >= 11 is 0. The summed E-state index contributed by atoms with van der Waals surface area (Å²) in [6.45, 7) is -1.61. The van der Waals surface area contributed by atoms with Crippen LogP contribution in [0.1, 0.15) is 0 Å². The van der Waals surface area contributed by atoms with Crippen LogP contribution in [0.5, 0.6) is 28.7 Å². The molecule has 5 rings (SSSR count). The van der Waals surface area contributed by atoms with E-state index in [1.54, 1.807) is 0 Å². The predicted octanol–water partition coefficient (Wildman–Crippen LogP) is -3.07. The molecule has 0 spiro atoms. The molecule has 2 saturated heterocycles. The van der Waals surface area contributed by atoms with Gasteiger partial charge in [0.05, 0.1) is 13.2 Å². The number of hydrogen-bond donors (Lipinski definition) is 11. The molecule has 44 heavy (non-hydrogen) atoms. The number of rotatable bonds is 7. The third-order valence-corrected chi connectivity index (χ3v) is 7.34. The van der Waals surface area contributed by atoms with Crippen LogP contribution in [0.3, 0.4) is 0 Å². The molecule has 1 aromatic heterocycles. The van der Waals surface area contributed by atoms with Crippen molar-refractivity contribution in [3.63, 3.8) is 0 Å². The summed E-state index contributed by atoms with van der Waals surface area (Å²) in [4.78, 5) is 13.9. The van der Waals surface area contributed by atoms with E-state index >= 15 is 0 Å². The van der Waals surface area contributed by atoms with Crippen molar-refractivity contribution >= 4 is 11.0 Å². The first kappa shape index (κ1) is 31.7. The highest BCUT2D eigenvalue weighted by Gasteiger charge is 2.47. The first-order chi connectivity index (χ1) is 20.9. The normalized spacial score (nSPS) is 32.5. The smallest absolute Gasteiger partial charge is 0.239 e. The Morgan fingerprint density at radius 1 is 0.682 bits per heavy atom. The molecular formula is C27H30O17. The molecule has 11 N–H and O–H groups in total. The van der Waals surface area contributed by atoms with Gasteiger partial charge in [0.25, 0.3) is 0 Å². The zero-order chi connectivity index (χ0) is 32.0. The molecular weight excluding hydrogens is 596 g/mol. The van der Waals surface area contributed by atoms with E-state index in [1.165, 1.54) is 24.3 Å². The number of aliphatic hydroxyl groups excluding tert-OH is 8. The molecule has 0 amide bonds. The molecule has 3 heterocycles. The predicted molar refractivity (Wildman–Crippen MR) is 142 cm³/mol. The molecule has 10 atom stereocenters. The summed E-state index contributed by atoms with van der Waals surface area (Å²) in [7, 11) is 0. The molecule has 2 aromatic carbocycles. The number of aromatic hydroxyl groups is 3. The van der Waals surface area contributed by atoms with Gasteiger partial charge in [0.2, 0.25) is 29.5 Å². The summed E-state index contributed by atoms with van der Waals surface area (Å²) < 4.78 is 27.4. The Bertz CT molecular complexity index is 1540. The lowest BCUT2D eigenvalue weighted by Crippen LogP contribution is -2.60. The van der Waals surface area contributed by atoms with E-state index in [-0.39, 0.29) is 17.1 Å². The van der Waals surface area contributed by atoms with Crippen LogP contribution >= 0.6 is 0 Å². The van der Waals surface area contributed by atoms with Gasteiger partial charge in [0, 0.05) is 11.6 Å². The molecule has 240 valence electrons. The second-order valence-electron chi connectivity index (χ2n) is 10.2. The lowest BCUT2D eigenvalue weighted by atomic mass is 9.99. The van der Waals surface area contributed by atoms with Crippen LogP contribution in [-0.2, 0) is 9.47 Å². The van der Waals surface area contributed by atoms with Gasteiger partial charge in [-0.05, 0) is 24.3 Å². The highest BCUT2D eigenvalue weighted by molar-refractivity contribution is 5.91. The highest BCUT2D eigenvalue weighted by atomic mass is 16.7. The van der Waals surface area contributed by atoms with Gasteiger partial charge in [-0.3, -0.25) is 4.79 Å². The molecule has 17 heteroatoms. The van der Waals surface area contributed by atoms with Crippen LogP contribution in [0.15, 0.2) is 39.5 Å². The second kappa shape index (κ2) is 12.3. The van der Waals surface area contributed by atoms with Crippen LogP contribution < -0.4 is 14.9 Å². The average molecular weight is 627 g/mol. The number of phenolic OH excluding ortho intramolecular Hbond substituents is 3. The Balaban J connectivity index is 1.63. The zero-order valence-corrected chi connectivity index (χ0v) is 22.4. The number of phenols is 3. The Kier molecular flexibility index (Phi) is 8.87. The monoisotopic (exact) mass is 626 g/mol. The van der Waals surface area contributed by atoms with E-state index in [9.17, 15) is 61.0 Å². The van der Waals surface area contributed by atoms with Gasteiger partial charge in [-0.1, -0.05) is 0 Å². The SMILES string of the molecule is O=c1c(O[C@H]2O[C@@H](CO)[C@H](O)[C@@H](O)[C@@H]2O)c(-c2ccc(O)cc2)oc2cc(O)c(O[C@H]3O[C@@H](CO)[C@H](O)[C@@H](O)[C@@H]3O)c(O)c12. The minimum Gasteiger partial charge on any atom is -0.508 e. The van der Waals surface area contributed by atoms with Crippen LogP contribution in [0.25, 0.3) is 22.3 Å². The van der Waals surface area contributed by atoms with Gasteiger partial charge in [0.1, 0.15) is 65.6 Å². The summed E-state index contributed by atoms with van der Waals surface area (Å²) in [6.07, 6.45) is -17.7. The van der Waals surface area contributed by atoms with Crippen molar-refractivity contribution in [3.8, 4) is 40.1 Å².